The lowest BCUT2D eigenvalue weighted by Crippen LogP contribution is -2.49. The average Bonchev–Trinajstić information content (AvgIpc) is 3.09. The zero-order chi connectivity index (χ0) is 19.7. The van der Waals surface area contributed by atoms with Crippen LogP contribution in [0.4, 0.5) is 10.1 Å². The molecule has 0 radical (unpaired) electrons. The van der Waals surface area contributed by atoms with Gasteiger partial charge in [-0.2, -0.15) is 0 Å². The minimum absolute atomic E-state index is 0.0866. The number of hydrogen-bond acceptors (Lipinski definition) is 4. The Balaban J connectivity index is 1.58. The van der Waals surface area contributed by atoms with Crippen molar-refractivity contribution in [2.45, 2.75) is 6.92 Å². The molecule has 144 valence electrons. The first-order valence-corrected chi connectivity index (χ1v) is 9.35. The highest BCUT2D eigenvalue weighted by molar-refractivity contribution is 6.33. The lowest BCUT2D eigenvalue weighted by atomic mass is 10.0. The highest BCUT2D eigenvalue weighted by Gasteiger charge is 2.30. The van der Waals surface area contributed by atoms with Gasteiger partial charge in [0.15, 0.2) is 12.4 Å². The summed E-state index contributed by atoms with van der Waals surface area (Å²) in [6, 6.07) is 8.36. The Morgan fingerprint density at radius 2 is 1.89 bits per heavy atom. The number of piperazine rings is 1. The summed E-state index contributed by atoms with van der Waals surface area (Å²) in [5.41, 5.74) is 1.59. The topological polar surface area (TPSA) is 63.7 Å². The van der Waals surface area contributed by atoms with Gasteiger partial charge in [-0.25, -0.2) is 9.37 Å². The third-order valence-corrected chi connectivity index (χ3v) is 5.22. The predicted octanol–water partition coefficient (Wildman–Crippen LogP) is 3.22. The number of nitrogens with zero attached hydrogens (tertiary/aromatic N) is 3. The molecule has 1 aromatic carbocycles. The smallest absolute Gasteiger partial charge is 0.259 e. The Hall–Kier alpha value is -2.93. The second-order valence-electron chi connectivity index (χ2n) is 6.60. The third kappa shape index (κ3) is 3.33. The number of amides is 1. The molecule has 2 aromatic heterocycles. The van der Waals surface area contributed by atoms with Crippen molar-refractivity contribution in [1.29, 1.82) is 0 Å². The van der Waals surface area contributed by atoms with E-state index in [1.165, 1.54) is 12.1 Å². The highest BCUT2D eigenvalue weighted by Crippen LogP contribution is 2.34. The number of hydrogen-bond donors (Lipinski definition) is 0. The van der Waals surface area contributed by atoms with E-state index >= 15 is 0 Å². The van der Waals surface area contributed by atoms with E-state index in [4.69, 9.17) is 16.1 Å². The predicted molar refractivity (Wildman–Crippen MR) is 103 cm³/mol. The second kappa shape index (κ2) is 7.59. The van der Waals surface area contributed by atoms with Crippen LogP contribution in [-0.4, -0.2) is 42.1 Å². The quantitative estimate of drug-likeness (QED) is 0.676. The van der Waals surface area contributed by atoms with Crippen molar-refractivity contribution >= 4 is 23.2 Å². The molecular weight excluding hydrogens is 383 g/mol. The molecule has 1 aliphatic rings. The van der Waals surface area contributed by atoms with Gasteiger partial charge in [-0.1, -0.05) is 22.8 Å². The van der Waals surface area contributed by atoms with E-state index in [0.29, 0.717) is 31.9 Å². The van der Waals surface area contributed by atoms with Gasteiger partial charge >= 0.3 is 0 Å². The van der Waals surface area contributed by atoms with Crippen LogP contribution in [-0.2, 0) is 0 Å². The number of rotatable bonds is 3. The van der Waals surface area contributed by atoms with Gasteiger partial charge in [0.05, 0.1) is 10.6 Å². The van der Waals surface area contributed by atoms with Crippen LogP contribution in [0, 0.1) is 12.7 Å². The largest absolute Gasteiger partial charge is 0.368 e. The molecule has 0 atom stereocenters. The summed E-state index contributed by atoms with van der Waals surface area (Å²) >= 11 is 6.17. The van der Waals surface area contributed by atoms with Crippen molar-refractivity contribution in [3.63, 3.8) is 0 Å². The second-order valence-corrected chi connectivity index (χ2v) is 7.00. The Morgan fingerprint density at radius 1 is 1.18 bits per heavy atom. The van der Waals surface area contributed by atoms with Gasteiger partial charge in [0, 0.05) is 44.0 Å². The van der Waals surface area contributed by atoms with E-state index in [9.17, 15) is 9.18 Å². The molecule has 0 bridgehead atoms. The average molecular weight is 402 g/mol. The zero-order valence-corrected chi connectivity index (χ0v) is 16.0. The molecule has 1 amide bonds. The molecule has 3 heterocycles. The molecule has 1 N–H and O–H groups in total. The summed E-state index contributed by atoms with van der Waals surface area (Å²) < 4.78 is 19.6. The molecule has 6 nitrogen and oxygen atoms in total. The van der Waals surface area contributed by atoms with Crippen LogP contribution in [0.5, 0.6) is 0 Å². The molecule has 1 saturated heterocycles. The van der Waals surface area contributed by atoms with Crippen LogP contribution in [0.25, 0.3) is 11.3 Å². The summed E-state index contributed by atoms with van der Waals surface area (Å²) in [7, 11) is 0. The lowest BCUT2D eigenvalue weighted by Gasteiger charge is -2.35. The molecule has 1 aliphatic heterocycles. The fraction of sp³-hybridized carbons (Fsp3) is 0.250. The molecule has 0 unspecified atom stereocenters. The summed E-state index contributed by atoms with van der Waals surface area (Å²) in [5.74, 6) is -0.421. The fourth-order valence-corrected chi connectivity index (χ4v) is 3.69. The van der Waals surface area contributed by atoms with Crippen LogP contribution in [0.3, 0.4) is 0 Å². The van der Waals surface area contributed by atoms with E-state index in [1.807, 2.05) is 24.5 Å². The summed E-state index contributed by atoms with van der Waals surface area (Å²) in [6.45, 7) is 4.15. The lowest BCUT2D eigenvalue weighted by molar-refractivity contribution is -0.377. The number of nitrogens with one attached hydrogen (secondary N) is 1. The van der Waals surface area contributed by atoms with Gasteiger partial charge in [-0.15, -0.1) is 0 Å². The van der Waals surface area contributed by atoms with E-state index in [1.54, 1.807) is 17.9 Å². The maximum absolute atomic E-state index is 14.4. The van der Waals surface area contributed by atoms with Gasteiger partial charge < -0.3 is 14.3 Å². The zero-order valence-electron chi connectivity index (χ0n) is 15.3. The van der Waals surface area contributed by atoms with Crippen LogP contribution >= 0.6 is 11.6 Å². The first kappa shape index (κ1) is 18.4. The maximum atomic E-state index is 14.4. The van der Waals surface area contributed by atoms with Crippen molar-refractivity contribution < 1.29 is 18.7 Å². The van der Waals surface area contributed by atoms with Crippen LogP contribution < -0.4 is 9.88 Å². The Morgan fingerprint density at radius 3 is 2.57 bits per heavy atom. The minimum Gasteiger partial charge on any atom is -0.368 e. The molecule has 0 spiro atoms. The van der Waals surface area contributed by atoms with Crippen molar-refractivity contribution in [3.8, 4) is 11.3 Å². The van der Waals surface area contributed by atoms with Crippen molar-refractivity contribution in [3.05, 3.63) is 64.9 Å². The summed E-state index contributed by atoms with van der Waals surface area (Å²) in [4.78, 5) is 20.1. The normalized spacial score (nSPS) is 14.4. The van der Waals surface area contributed by atoms with Gasteiger partial charge in [-0.05, 0) is 19.1 Å². The van der Waals surface area contributed by atoms with Crippen molar-refractivity contribution in [2.75, 3.05) is 31.1 Å². The number of H-pyrrole nitrogens is 1. The summed E-state index contributed by atoms with van der Waals surface area (Å²) in [5, 5.41) is 4.11. The monoisotopic (exact) mass is 401 g/mol. The van der Waals surface area contributed by atoms with Gasteiger partial charge in [-0.3, -0.25) is 4.79 Å². The van der Waals surface area contributed by atoms with Crippen LogP contribution in [0.2, 0.25) is 5.02 Å². The van der Waals surface area contributed by atoms with Gasteiger partial charge in [0.2, 0.25) is 0 Å². The third-order valence-electron chi connectivity index (χ3n) is 4.91. The Kier molecular flexibility index (Phi) is 5.00. The molecule has 3 aromatic rings. The minimum atomic E-state index is -0.541. The SMILES string of the molecule is Cc1onc(-c2c(F)cccc2Cl)c1C(=O)N1CCN(c2cc[nH+]cc2)CC1. The maximum Gasteiger partial charge on any atom is 0.259 e. The fourth-order valence-electron chi connectivity index (χ4n) is 3.43. The molecule has 8 heteroatoms. The Bertz CT molecular complexity index is 980. The molecule has 0 saturated carbocycles. The number of aromatic amines is 1. The first-order valence-electron chi connectivity index (χ1n) is 8.97. The Labute approximate surface area is 166 Å². The van der Waals surface area contributed by atoms with Gasteiger partial charge in [0.1, 0.15) is 22.8 Å². The van der Waals surface area contributed by atoms with Crippen LogP contribution in [0.15, 0.2) is 47.2 Å². The number of aryl methyl sites for hydroxylation is 1. The molecule has 28 heavy (non-hydrogen) atoms. The van der Waals surface area contributed by atoms with Crippen LogP contribution in [0.1, 0.15) is 16.1 Å². The number of anilines is 1. The van der Waals surface area contributed by atoms with E-state index in [2.05, 4.69) is 15.0 Å². The number of halogens is 2. The molecule has 1 fully saturated rings. The number of carbonyl (C=O) groups excluding carboxylic acids is 1. The summed E-state index contributed by atoms with van der Waals surface area (Å²) in [6.07, 6.45) is 3.75. The first-order chi connectivity index (χ1) is 13.6. The highest BCUT2D eigenvalue weighted by atomic mass is 35.5. The molecule has 0 aliphatic carbocycles. The van der Waals surface area contributed by atoms with Crippen molar-refractivity contribution in [2.24, 2.45) is 0 Å². The van der Waals surface area contributed by atoms with Crippen molar-refractivity contribution in [1.82, 2.24) is 10.1 Å². The van der Waals surface area contributed by atoms with E-state index in [0.717, 1.165) is 5.69 Å². The number of carbonyl (C=O) groups is 1. The number of pyridine rings is 1. The molecule has 4 rings (SSSR count). The number of benzene rings is 1. The van der Waals surface area contributed by atoms with Gasteiger partial charge in [0.25, 0.3) is 5.91 Å². The van der Waals surface area contributed by atoms with E-state index in [-0.39, 0.29) is 27.8 Å². The van der Waals surface area contributed by atoms with E-state index < -0.39 is 5.82 Å². The standard InChI is InChI=1S/C20H18ClFN4O2/c1-13-17(19(24-28-13)18-15(21)3-2-4-16(18)22)20(27)26-11-9-25(10-12-26)14-5-7-23-8-6-14/h2-8H,9-12H2,1H3/p+1. The number of aromatic nitrogens is 2. The molecular formula is C20H19ClFN4O2+.